The molecule has 0 aliphatic rings. The van der Waals surface area contributed by atoms with Gasteiger partial charge in [0.2, 0.25) is 0 Å². The molecule has 1 aromatic heterocycles. The summed E-state index contributed by atoms with van der Waals surface area (Å²) in [5.41, 5.74) is 3.18. The molecule has 2 aromatic carbocycles. The van der Waals surface area contributed by atoms with E-state index >= 15 is 0 Å². The second-order valence-electron chi connectivity index (χ2n) is 6.60. The van der Waals surface area contributed by atoms with Gasteiger partial charge in [-0.1, -0.05) is 0 Å². The van der Waals surface area contributed by atoms with Crippen molar-refractivity contribution in [2.45, 2.75) is 13.3 Å². The summed E-state index contributed by atoms with van der Waals surface area (Å²) in [5, 5.41) is 22.8. The molecule has 1 heterocycles. The van der Waals surface area contributed by atoms with Crippen LogP contribution in [0.4, 0.5) is 22.7 Å². The first-order valence-corrected chi connectivity index (χ1v) is 10.7. The molecule has 0 saturated carbocycles. The van der Waals surface area contributed by atoms with Crippen LogP contribution in [0, 0.1) is 10.1 Å². The highest BCUT2D eigenvalue weighted by atomic mass is 32.1. The molecule has 0 amide bonds. The summed E-state index contributed by atoms with van der Waals surface area (Å²) in [6, 6.07) is 15.4. The second kappa shape index (κ2) is 11.0. The van der Waals surface area contributed by atoms with Crippen LogP contribution in [0.5, 0.6) is 0 Å². The lowest BCUT2D eigenvalue weighted by molar-refractivity contribution is -0.384. The van der Waals surface area contributed by atoms with Crippen LogP contribution in [-0.4, -0.2) is 30.6 Å². The van der Waals surface area contributed by atoms with E-state index in [1.54, 1.807) is 23.5 Å². The van der Waals surface area contributed by atoms with Crippen molar-refractivity contribution in [2.75, 3.05) is 24.6 Å². The average molecular weight is 439 g/mol. The van der Waals surface area contributed by atoms with Gasteiger partial charge < -0.3 is 9.64 Å². The average Bonchev–Trinajstić information content (AvgIpc) is 3.29. The van der Waals surface area contributed by atoms with Gasteiger partial charge in [-0.2, -0.15) is 21.6 Å². The fourth-order valence-electron chi connectivity index (χ4n) is 2.84. The summed E-state index contributed by atoms with van der Waals surface area (Å²) in [4.78, 5) is 24.3. The zero-order valence-electron chi connectivity index (χ0n) is 17.0. The Labute approximate surface area is 184 Å². The van der Waals surface area contributed by atoms with Crippen LogP contribution < -0.4 is 4.90 Å². The standard InChI is InChI=1S/C22H22N4O4S/c1-2-25(12-13-30-22(27)15-17-11-14-31-16-17)20-7-3-18(4-8-20)23-24-19-5-9-21(10-6-19)26(28)29/h3-11,14,16H,2,12-13,15H2,1H3. The van der Waals surface area contributed by atoms with E-state index in [-0.39, 0.29) is 11.7 Å². The largest absolute Gasteiger partial charge is 0.464 e. The number of hydrogen-bond acceptors (Lipinski definition) is 8. The zero-order valence-corrected chi connectivity index (χ0v) is 17.8. The number of thiophene rings is 1. The molecule has 0 radical (unpaired) electrons. The van der Waals surface area contributed by atoms with Gasteiger partial charge in [0.25, 0.3) is 5.69 Å². The van der Waals surface area contributed by atoms with Crippen LogP contribution in [0.25, 0.3) is 0 Å². The van der Waals surface area contributed by atoms with Gasteiger partial charge in [0.05, 0.1) is 29.3 Å². The number of esters is 1. The van der Waals surface area contributed by atoms with E-state index in [1.807, 2.05) is 48.0 Å². The van der Waals surface area contributed by atoms with Gasteiger partial charge in [0, 0.05) is 24.4 Å². The summed E-state index contributed by atoms with van der Waals surface area (Å²) in [6.45, 7) is 3.72. The lowest BCUT2D eigenvalue weighted by atomic mass is 10.2. The van der Waals surface area contributed by atoms with E-state index < -0.39 is 4.92 Å². The molecule has 3 aromatic rings. The monoisotopic (exact) mass is 438 g/mol. The number of carbonyl (C=O) groups is 1. The summed E-state index contributed by atoms with van der Waals surface area (Å²) in [7, 11) is 0. The molecule has 0 saturated heterocycles. The number of ether oxygens (including phenoxy) is 1. The molecule has 0 fully saturated rings. The lowest BCUT2D eigenvalue weighted by Crippen LogP contribution is -2.28. The maximum absolute atomic E-state index is 11.9. The van der Waals surface area contributed by atoms with Gasteiger partial charge >= 0.3 is 5.97 Å². The Morgan fingerprint density at radius 3 is 2.26 bits per heavy atom. The van der Waals surface area contributed by atoms with Crippen molar-refractivity contribution in [3.63, 3.8) is 0 Å². The summed E-state index contributed by atoms with van der Waals surface area (Å²) in [5.74, 6) is -0.226. The summed E-state index contributed by atoms with van der Waals surface area (Å²) >= 11 is 1.56. The Morgan fingerprint density at radius 1 is 1.06 bits per heavy atom. The van der Waals surface area contributed by atoms with Gasteiger partial charge in [-0.05, 0) is 65.7 Å². The van der Waals surface area contributed by atoms with E-state index in [2.05, 4.69) is 15.1 Å². The summed E-state index contributed by atoms with van der Waals surface area (Å²) in [6.07, 6.45) is 0.296. The number of nitro benzene ring substituents is 1. The molecule has 0 atom stereocenters. The van der Waals surface area contributed by atoms with Crippen molar-refractivity contribution in [3.05, 3.63) is 81.0 Å². The van der Waals surface area contributed by atoms with Crippen LogP contribution in [-0.2, 0) is 16.0 Å². The highest BCUT2D eigenvalue weighted by molar-refractivity contribution is 7.08. The van der Waals surface area contributed by atoms with Crippen LogP contribution in [0.2, 0.25) is 0 Å². The van der Waals surface area contributed by atoms with E-state index in [1.165, 1.54) is 12.1 Å². The number of rotatable bonds is 10. The molecule has 0 bridgehead atoms. The van der Waals surface area contributed by atoms with Crippen LogP contribution in [0.3, 0.4) is 0 Å². The Balaban J connectivity index is 1.51. The first-order valence-electron chi connectivity index (χ1n) is 9.73. The number of hydrogen-bond donors (Lipinski definition) is 0. The van der Waals surface area contributed by atoms with Gasteiger partial charge in [-0.25, -0.2) is 0 Å². The van der Waals surface area contributed by atoms with E-state index in [4.69, 9.17) is 4.74 Å². The van der Waals surface area contributed by atoms with Crippen LogP contribution >= 0.6 is 11.3 Å². The first-order chi connectivity index (χ1) is 15.0. The van der Waals surface area contributed by atoms with E-state index in [0.717, 1.165) is 17.8 Å². The SMILES string of the molecule is CCN(CCOC(=O)Cc1ccsc1)c1ccc(N=Nc2ccc([N+](=O)[O-])cc2)cc1. The Bertz CT molecular complexity index is 1020. The summed E-state index contributed by atoms with van der Waals surface area (Å²) < 4.78 is 5.35. The van der Waals surface area contributed by atoms with E-state index in [9.17, 15) is 14.9 Å². The predicted molar refractivity (Wildman–Crippen MR) is 121 cm³/mol. The number of nitro groups is 1. The van der Waals surface area contributed by atoms with Crippen molar-refractivity contribution in [1.29, 1.82) is 0 Å². The smallest absolute Gasteiger partial charge is 0.310 e. The molecule has 9 heteroatoms. The number of likely N-dealkylation sites (N-methyl/N-ethyl adjacent to an activating group) is 1. The van der Waals surface area contributed by atoms with Crippen LogP contribution in [0.15, 0.2) is 75.6 Å². The molecule has 160 valence electrons. The third kappa shape index (κ3) is 6.71. The Kier molecular flexibility index (Phi) is 7.83. The molecular weight excluding hydrogens is 416 g/mol. The zero-order chi connectivity index (χ0) is 22.1. The quantitative estimate of drug-likeness (QED) is 0.175. The van der Waals surface area contributed by atoms with Gasteiger partial charge in [-0.3, -0.25) is 14.9 Å². The molecule has 0 aliphatic heterocycles. The number of nitrogens with zero attached hydrogens (tertiary/aromatic N) is 4. The second-order valence-corrected chi connectivity index (χ2v) is 7.38. The minimum atomic E-state index is -0.455. The highest BCUT2D eigenvalue weighted by Gasteiger charge is 2.08. The lowest BCUT2D eigenvalue weighted by Gasteiger charge is -2.22. The molecule has 0 N–H and O–H groups in total. The molecule has 0 unspecified atom stereocenters. The first kappa shape index (κ1) is 22.1. The molecule has 0 spiro atoms. The van der Waals surface area contributed by atoms with Gasteiger partial charge in [-0.15, -0.1) is 0 Å². The number of benzene rings is 2. The molecule has 31 heavy (non-hydrogen) atoms. The number of carbonyl (C=O) groups excluding carboxylic acids is 1. The Hall–Kier alpha value is -3.59. The van der Waals surface area contributed by atoms with Crippen molar-refractivity contribution in [2.24, 2.45) is 10.2 Å². The minimum absolute atomic E-state index is 0.0140. The van der Waals surface area contributed by atoms with Gasteiger partial charge in [0.1, 0.15) is 6.61 Å². The number of azo groups is 1. The third-order valence-electron chi connectivity index (χ3n) is 4.49. The predicted octanol–water partition coefficient (Wildman–Crippen LogP) is 5.68. The fraction of sp³-hybridized carbons (Fsp3) is 0.227. The van der Waals surface area contributed by atoms with Crippen LogP contribution in [0.1, 0.15) is 12.5 Å². The molecule has 0 aliphatic carbocycles. The normalized spacial score (nSPS) is 10.9. The molecular formula is C22H22N4O4S. The van der Waals surface area contributed by atoms with Crippen molar-refractivity contribution in [3.8, 4) is 0 Å². The maximum Gasteiger partial charge on any atom is 0.310 e. The van der Waals surface area contributed by atoms with Gasteiger partial charge in [0.15, 0.2) is 0 Å². The topological polar surface area (TPSA) is 97.4 Å². The number of non-ortho nitro benzene ring substituents is 1. The molecule has 8 nitrogen and oxygen atoms in total. The number of anilines is 1. The Morgan fingerprint density at radius 2 is 1.71 bits per heavy atom. The van der Waals surface area contributed by atoms with E-state index in [0.29, 0.717) is 30.9 Å². The van der Waals surface area contributed by atoms with Crippen molar-refractivity contribution < 1.29 is 14.5 Å². The highest BCUT2D eigenvalue weighted by Crippen LogP contribution is 2.23. The fourth-order valence-corrected chi connectivity index (χ4v) is 3.51. The van der Waals surface area contributed by atoms with Crippen molar-refractivity contribution >= 4 is 40.1 Å². The third-order valence-corrected chi connectivity index (χ3v) is 5.22. The molecule has 3 rings (SSSR count). The van der Waals surface area contributed by atoms with Crippen molar-refractivity contribution in [1.82, 2.24) is 0 Å². The minimum Gasteiger partial charge on any atom is -0.464 e. The maximum atomic E-state index is 11.9.